The van der Waals surface area contributed by atoms with Gasteiger partial charge in [-0.15, -0.1) is 5.54 Å². The van der Waals surface area contributed by atoms with Crippen molar-refractivity contribution in [2.45, 2.75) is 168 Å². The lowest BCUT2D eigenvalue weighted by Gasteiger charge is -2.47. The van der Waals surface area contributed by atoms with Crippen LogP contribution in [0.15, 0.2) is 48.7 Å². The summed E-state index contributed by atoms with van der Waals surface area (Å²) in [5, 5.41) is 3.80. The van der Waals surface area contributed by atoms with Crippen LogP contribution in [0.25, 0.3) is 32.9 Å². The molecule has 1 aliphatic carbocycles. The monoisotopic (exact) mass is 1290 g/mol. The molecular weight excluding hydrogens is 1200 g/mol. The minimum Gasteiger partial charge on any atom is -0.468 e. The number of imide groups is 1. The molecule has 1 saturated carbocycles. The number of hydrogen-bond donors (Lipinski definition) is 1. The summed E-state index contributed by atoms with van der Waals surface area (Å²) >= 11 is 0. The first kappa shape index (κ1) is 67.4. The topological polar surface area (TPSA) is 175 Å². The number of anilines is 2. The van der Waals surface area contributed by atoms with Gasteiger partial charge in [-0.1, -0.05) is 66.5 Å². The van der Waals surface area contributed by atoms with Crippen molar-refractivity contribution < 1.29 is 46.9 Å². The summed E-state index contributed by atoms with van der Waals surface area (Å²) < 4.78 is 58.6. The standard InChI is InChI=1S/C72H96F2N10O8Si/c1-45(2)93(46(3)4,47(5)6)34-22-56-59(73)18-15-51-35-55(91-44-89-12)37-57(62(51)56)64-63(74)65-58(38-75-64)66(82-41-53-16-17-54(42-82)84(53)70(88)92-71(9,10)11)78-68(77-65)90-43-48(7)39-79-30-32-80(33-31-79)40-50-19-23-72(24-20-50)25-28-81(29-26-72)67(86)52-14-13-49(8)60(36-52)83-27-21-61(85)76-69(83)87/h13-15,18,35-38,45-48,50,53-54H,16-17,19-21,23-33,39-44H2,1-12H3,(H,76,85,87). The van der Waals surface area contributed by atoms with Gasteiger partial charge in [-0.25, -0.2) is 18.4 Å². The molecule has 3 unspecified atom stereocenters. The smallest absolute Gasteiger partial charge is 0.410 e. The third-order valence-electron chi connectivity index (χ3n) is 21.1. The van der Waals surface area contributed by atoms with Gasteiger partial charge in [0.25, 0.3) is 5.91 Å². The molecule has 5 aromatic rings. The van der Waals surface area contributed by atoms with Gasteiger partial charge in [0.15, 0.2) is 12.6 Å². The van der Waals surface area contributed by atoms with E-state index in [1.54, 1.807) is 35.4 Å². The van der Waals surface area contributed by atoms with Gasteiger partial charge in [0.2, 0.25) is 5.91 Å². The fourth-order valence-electron chi connectivity index (χ4n) is 16.1. The van der Waals surface area contributed by atoms with Gasteiger partial charge < -0.3 is 38.5 Å². The second-order valence-electron chi connectivity index (χ2n) is 29.4. The van der Waals surface area contributed by atoms with Crippen molar-refractivity contribution in [2.75, 3.05) is 102 Å². The van der Waals surface area contributed by atoms with Gasteiger partial charge in [-0.2, -0.15) is 9.97 Å². The molecule has 2 bridgehead atoms. The first-order valence-electron chi connectivity index (χ1n) is 34.0. The summed E-state index contributed by atoms with van der Waals surface area (Å²) in [6.45, 7) is 31.5. The zero-order valence-electron chi connectivity index (χ0n) is 56.8. The molecule has 5 aliphatic heterocycles. The van der Waals surface area contributed by atoms with Crippen molar-refractivity contribution in [3.8, 4) is 34.5 Å². The number of urea groups is 1. The van der Waals surface area contributed by atoms with Gasteiger partial charge in [0, 0.05) is 120 Å². The van der Waals surface area contributed by atoms with Crippen molar-refractivity contribution in [1.82, 2.24) is 39.9 Å². The normalized spacial score (nSPS) is 20.5. The largest absolute Gasteiger partial charge is 0.468 e. The van der Waals surface area contributed by atoms with Crippen LogP contribution in [0.1, 0.15) is 149 Å². The number of aromatic nitrogens is 3. The summed E-state index contributed by atoms with van der Waals surface area (Å²) in [6, 6.07) is 11.3. The van der Waals surface area contributed by atoms with E-state index in [0.29, 0.717) is 80.2 Å². The Kier molecular flexibility index (Phi) is 20.1. The Hall–Kier alpha value is -6.99. The number of nitrogens with zero attached hydrogens (tertiary/aromatic N) is 9. The number of methoxy groups -OCH3 is 1. The van der Waals surface area contributed by atoms with E-state index in [2.05, 4.69) is 79.9 Å². The quantitative estimate of drug-likeness (QED) is 0.0529. The lowest BCUT2D eigenvalue weighted by molar-refractivity contribution is -0.120. The van der Waals surface area contributed by atoms with Crippen molar-refractivity contribution in [3.63, 3.8) is 0 Å². The number of piperazine rings is 2. The maximum atomic E-state index is 18.2. The average Bonchev–Trinajstić information content (AvgIpc) is 1.43. The molecule has 21 heteroatoms. The van der Waals surface area contributed by atoms with Crippen LogP contribution in [0.5, 0.6) is 11.8 Å². The molecule has 6 aliphatic rings. The second kappa shape index (κ2) is 27.8. The van der Waals surface area contributed by atoms with Crippen LogP contribution >= 0.6 is 0 Å². The number of pyridine rings is 1. The Bertz CT molecular complexity index is 3640. The highest BCUT2D eigenvalue weighted by atomic mass is 28.3. The molecule has 0 radical (unpaired) electrons. The van der Waals surface area contributed by atoms with Crippen LogP contribution in [0.4, 0.5) is 29.9 Å². The van der Waals surface area contributed by atoms with Crippen LogP contribution in [0.2, 0.25) is 16.6 Å². The van der Waals surface area contributed by atoms with Crippen molar-refractivity contribution in [2.24, 2.45) is 17.3 Å². The Morgan fingerprint density at radius 3 is 2.14 bits per heavy atom. The predicted octanol–water partition coefficient (Wildman–Crippen LogP) is 12.8. The lowest BCUT2D eigenvalue weighted by atomic mass is 9.65. The van der Waals surface area contributed by atoms with Crippen molar-refractivity contribution in [1.29, 1.82) is 0 Å². The third-order valence-corrected chi connectivity index (χ3v) is 27.4. The van der Waals surface area contributed by atoms with E-state index in [-0.39, 0.29) is 90.5 Å². The molecule has 93 heavy (non-hydrogen) atoms. The molecule has 1 spiro atoms. The number of nitrogens with one attached hydrogen (secondary N) is 1. The highest BCUT2D eigenvalue weighted by Crippen LogP contribution is 2.48. The Labute approximate surface area is 548 Å². The zero-order valence-corrected chi connectivity index (χ0v) is 57.8. The molecule has 1 N–H and O–H groups in total. The van der Waals surface area contributed by atoms with Gasteiger partial charge in [0.05, 0.1) is 29.6 Å². The number of likely N-dealkylation sites (tertiary alicyclic amines) is 1. The fraction of sp³-hybridized carbons (Fsp3) is 0.597. The maximum Gasteiger partial charge on any atom is 0.410 e. The summed E-state index contributed by atoms with van der Waals surface area (Å²) in [5.41, 5.74) is 6.73. The molecule has 11 rings (SSSR count). The van der Waals surface area contributed by atoms with E-state index < -0.39 is 31.3 Å². The summed E-state index contributed by atoms with van der Waals surface area (Å²) in [5.74, 6) is 3.40. The SMILES string of the molecule is COCOc1cc(-c2ncc3c(N4CC5CCC(C4)N5C(=O)OC(C)(C)C)nc(OCC(C)CN4CCN(CC5CCC6(CC5)CCN(C(=O)c5ccc(C)c(N7CCC(=O)NC7=O)c5)CC6)CC4)nc3c2F)c2c(C#C[Si](C(C)C)(C(C)C)C(C)C)c(F)ccc2c1. The summed E-state index contributed by atoms with van der Waals surface area (Å²) in [6.07, 6.45) is 9.77. The predicted molar refractivity (Wildman–Crippen MR) is 361 cm³/mol. The Balaban J connectivity index is 0.771. The van der Waals surface area contributed by atoms with E-state index in [1.807, 2.05) is 49.6 Å². The van der Waals surface area contributed by atoms with Crippen LogP contribution < -0.4 is 24.6 Å². The Morgan fingerprint density at radius 1 is 0.817 bits per heavy atom. The molecule has 18 nitrogen and oxygen atoms in total. The molecule has 7 heterocycles. The number of hydrogen-bond acceptors (Lipinski definition) is 14. The van der Waals surface area contributed by atoms with E-state index in [0.717, 1.165) is 83.6 Å². The minimum atomic E-state index is -2.36. The van der Waals surface area contributed by atoms with Crippen molar-refractivity contribution >= 4 is 65.2 Å². The molecule has 5 amide bonds. The lowest BCUT2D eigenvalue weighted by Crippen LogP contribution is -2.57. The van der Waals surface area contributed by atoms with Crippen LogP contribution in [0.3, 0.4) is 0 Å². The fourth-order valence-corrected chi connectivity index (χ4v) is 21.3. The molecular formula is C72H96F2N10O8Si. The number of aryl methyl sites for hydroxylation is 1. The van der Waals surface area contributed by atoms with E-state index >= 15 is 8.78 Å². The summed E-state index contributed by atoms with van der Waals surface area (Å²) in [7, 11) is -0.832. The van der Waals surface area contributed by atoms with Gasteiger partial charge in [0.1, 0.15) is 42.3 Å². The van der Waals surface area contributed by atoms with Gasteiger partial charge in [-0.3, -0.25) is 29.7 Å². The van der Waals surface area contributed by atoms with E-state index in [9.17, 15) is 19.2 Å². The minimum absolute atomic E-state index is 0.00393. The van der Waals surface area contributed by atoms with Gasteiger partial charge in [-0.05, 0) is 148 Å². The van der Waals surface area contributed by atoms with Crippen LogP contribution in [-0.2, 0) is 14.3 Å². The number of carbonyl (C=O) groups is 4. The van der Waals surface area contributed by atoms with Crippen LogP contribution in [-0.4, -0.2) is 177 Å². The molecule has 6 fully saturated rings. The second-order valence-corrected chi connectivity index (χ2v) is 35.0. The third kappa shape index (κ3) is 14.4. The highest BCUT2D eigenvalue weighted by molar-refractivity contribution is 6.90. The van der Waals surface area contributed by atoms with E-state index in [1.165, 1.54) is 38.9 Å². The molecule has 3 aromatic carbocycles. The number of rotatable bonds is 17. The first-order chi connectivity index (χ1) is 44.3. The number of ether oxygens (including phenoxy) is 4. The number of amides is 5. The van der Waals surface area contributed by atoms with Crippen molar-refractivity contribution in [3.05, 3.63) is 77.0 Å². The van der Waals surface area contributed by atoms with Gasteiger partial charge >= 0.3 is 18.1 Å². The highest BCUT2D eigenvalue weighted by Gasteiger charge is 2.46. The number of benzene rings is 3. The number of carbonyl (C=O) groups excluding carboxylic acids is 4. The number of piperidine rings is 1. The molecule has 3 atom stereocenters. The number of halogens is 2. The Morgan fingerprint density at radius 2 is 1.49 bits per heavy atom. The maximum absolute atomic E-state index is 18.2. The molecule has 500 valence electrons. The zero-order chi connectivity index (χ0) is 66.3. The summed E-state index contributed by atoms with van der Waals surface area (Å²) in [4.78, 5) is 79.4. The van der Waals surface area contributed by atoms with E-state index in [4.69, 9.17) is 33.9 Å². The number of fused-ring (bicyclic) bond motifs is 4. The average molecular weight is 1300 g/mol. The molecule has 2 aromatic heterocycles. The molecule has 5 saturated heterocycles. The first-order valence-corrected chi connectivity index (χ1v) is 36.2. The van der Waals surface area contributed by atoms with Crippen LogP contribution in [0, 0.1) is 47.3 Å².